The number of aromatic nitrogens is 1. The molecule has 2 nitrogen and oxygen atoms in total. The van der Waals surface area contributed by atoms with Crippen LogP contribution in [0.5, 0.6) is 0 Å². The Hall–Kier alpha value is -1.84. The van der Waals surface area contributed by atoms with E-state index < -0.39 is 0 Å². The van der Waals surface area contributed by atoms with E-state index in [1.807, 2.05) is 17.5 Å². The van der Waals surface area contributed by atoms with E-state index in [0.717, 1.165) is 17.2 Å². The third-order valence-corrected chi connectivity index (χ3v) is 4.05. The second-order valence-corrected chi connectivity index (χ2v) is 5.67. The molecular weight excluding hydrogens is 288 g/mol. The molecule has 0 saturated heterocycles. The lowest BCUT2D eigenvalue weighted by Crippen LogP contribution is -1.96. The number of nitrogens with one attached hydrogen (secondary N) is 1. The molecule has 0 spiro atoms. The maximum Gasteiger partial charge on any atom is 0.188 e. The van der Waals surface area contributed by atoms with Gasteiger partial charge in [-0.25, -0.2) is 4.98 Å². The normalized spacial score (nSPS) is 10.4. The fourth-order valence-corrected chi connectivity index (χ4v) is 2.89. The molecule has 1 heterocycles. The Kier molecular flexibility index (Phi) is 4.00. The Morgan fingerprint density at radius 2 is 1.75 bits per heavy atom. The van der Waals surface area contributed by atoms with Gasteiger partial charge in [0.1, 0.15) is 5.15 Å². The molecule has 2 aromatic carbocycles. The van der Waals surface area contributed by atoms with Gasteiger partial charge in [0.05, 0.1) is 0 Å². The number of anilines is 2. The van der Waals surface area contributed by atoms with Crippen molar-refractivity contribution in [3.8, 4) is 0 Å². The van der Waals surface area contributed by atoms with Crippen molar-refractivity contribution in [3.63, 3.8) is 0 Å². The van der Waals surface area contributed by atoms with Gasteiger partial charge in [0, 0.05) is 11.1 Å². The Morgan fingerprint density at radius 3 is 2.50 bits per heavy atom. The number of benzene rings is 2. The summed E-state index contributed by atoms with van der Waals surface area (Å²) in [5.41, 5.74) is 3.60. The molecule has 0 saturated carbocycles. The Bertz CT molecular complexity index is 694. The van der Waals surface area contributed by atoms with Gasteiger partial charge in [0.2, 0.25) is 0 Å². The lowest BCUT2D eigenvalue weighted by atomic mass is 10.0. The quantitative estimate of drug-likeness (QED) is 0.722. The number of nitrogens with zero attached hydrogens (tertiary/aromatic N) is 1. The number of rotatable bonds is 4. The van der Waals surface area contributed by atoms with Crippen LogP contribution in [-0.2, 0) is 6.42 Å². The largest absolute Gasteiger partial charge is 0.331 e. The molecule has 0 aliphatic rings. The summed E-state index contributed by atoms with van der Waals surface area (Å²) in [6.45, 7) is 0. The van der Waals surface area contributed by atoms with Crippen LogP contribution in [0.1, 0.15) is 11.1 Å². The Labute approximate surface area is 127 Å². The molecule has 0 aliphatic heterocycles. The summed E-state index contributed by atoms with van der Waals surface area (Å²) in [5.74, 6) is 0. The molecule has 20 heavy (non-hydrogen) atoms. The number of hydrogen-bond donors (Lipinski definition) is 1. The number of halogens is 1. The third kappa shape index (κ3) is 3.18. The fourth-order valence-electron chi connectivity index (χ4n) is 2.04. The average molecular weight is 301 g/mol. The van der Waals surface area contributed by atoms with Crippen LogP contribution >= 0.6 is 22.9 Å². The highest BCUT2D eigenvalue weighted by Gasteiger charge is 2.05. The first-order chi connectivity index (χ1) is 9.81. The highest BCUT2D eigenvalue weighted by atomic mass is 35.5. The van der Waals surface area contributed by atoms with E-state index in [1.54, 1.807) is 0 Å². The first-order valence-corrected chi connectivity index (χ1v) is 7.57. The first-order valence-electron chi connectivity index (χ1n) is 6.31. The van der Waals surface area contributed by atoms with Crippen LogP contribution in [0.25, 0.3) is 0 Å². The molecule has 0 amide bonds. The number of hydrogen-bond acceptors (Lipinski definition) is 3. The van der Waals surface area contributed by atoms with Gasteiger partial charge in [-0.1, -0.05) is 60.1 Å². The molecule has 100 valence electrons. The number of thiazole rings is 1. The van der Waals surface area contributed by atoms with Crippen LogP contribution in [0.15, 0.2) is 60.0 Å². The van der Waals surface area contributed by atoms with E-state index in [9.17, 15) is 0 Å². The van der Waals surface area contributed by atoms with Crippen molar-refractivity contribution in [2.45, 2.75) is 6.42 Å². The van der Waals surface area contributed by atoms with Gasteiger partial charge < -0.3 is 5.32 Å². The van der Waals surface area contributed by atoms with Crippen LogP contribution in [0.4, 0.5) is 10.8 Å². The molecule has 0 radical (unpaired) electrons. The van der Waals surface area contributed by atoms with Crippen LogP contribution in [0, 0.1) is 0 Å². The highest BCUT2D eigenvalue weighted by Crippen LogP contribution is 2.26. The van der Waals surface area contributed by atoms with E-state index in [1.165, 1.54) is 22.5 Å². The molecule has 3 rings (SSSR count). The summed E-state index contributed by atoms with van der Waals surface area (Å²) in [4.78, 5) is 4.23. The summed E-state index contributed by atoms with van der Waals surface area (Å²) < 4.78 is 0. The molecule has 0 bridgehead atoms. The van der Waals surface area contributed by atoms with E-state index in [0.29, 0.717) is 5.15 Å². The van der Waals surface area contributed by atoms with Crippen LogP contribution in [0.3, 0.4) is 0 Å². The molecular formula is C16H13ClN2S. The summed E-state index contributed by atoms with van der Waals surface area (Å²) in [6, 6.07) is 18.7. The SMILES string of the molecule is Clc1csc(Nc2ccccc2Cc2ccccc2)n1. The molecule has 3 aromatic rings. The second kappa shape index (κ2) is 6.07. The van der Waals surface area contributed by atoms with Crippen molar-refractivity contribution < 1.29 is 0 Å². The molecule has 0 unspecified atom stereocenters. The first kappa shape index (κ1) is 13.2. The van der Waals surface area contributed by atoms with Gasteiger partial charge in [0.25, 0.3) is 0 Å². The molecule has 1 aromatic heterocycles. The molecule has 0 aliphatic carbocycles. The van der Waals surface area contributed by atoms with Gasteiger partial charge >= 0.3 is 0 Å². The van der Waals surface area contributed by atoms with Crippen LogP contribution < -0.4 is 5.32 Å². The lowest BCUT2D eigenvalue weighted by Gasteiger charge is -2.10. The van der Waals surface area contributed by atoms with Crippen molar-refractivity contribution in [1.82, 2.24) is 4.98 Å². The average Bonchev–Trinajstić information content (AvgIpc) is 2.88. The van der Waals surface area contributed by atoms with E-state index in [4.69, 9.17) is 11.6 Å². The summed E-state index contributed by atoms with van der Waals surface area (Å²) in [7, 11) is 0. The maximum atomic E-state index is 5.86. The fraction of sp³-hybridized carbons (Fsp3) is 0.0625. The predicted molar refractivity (Wildman–Crippen MR) is 86.1 cm³/mol. The van der Waals surface area contributed by atoms with Gasteiger partial charge in [-0.2, -0.15) is 0 Å². The van der Waals surface area contributed by atoms with Crippen molar-refractivity contribution in [1.29, 1.82) is 0 Å². The van der Waals surface area contributed by atoms with E-state index in [-0.39, 0.29) is 0 Å². The van der Waals surface area contributed by atoms with E-state index in [2.05, 4.69) is 52.8 Å². The summed E-state index contributed by atoms with van der Waals surface area (Å²) in [5, 5.41) is 6.50. The zero-order chi connectivity index (χ0) is 13.8. The predicted octanol–water partition coefficient (Wildman–Crippen LogP) is 5.13. The van der Waals surface area contributed by atoms with Crippen molar-refractivity contribution in [3.05, 3.63) is 76.3 Å². The van der Waals surface area contributed by atoms with E-state index >= 15 is 0 Å². The standard InChI is InChI=1S/C16H13ClN2S/c17-15-11-20-16(19-15)18-14-9-5-4-8-13(14)10-12-6-2-1-3-7-12/h1-9,11H,10H2,(H,18,19). The minimum atomic E-state index is 0.526. The minimum absolute atomic E-state index is 0.526. The molecule has 0 fully saturated rings. The Balaban J connectivity index is 1.84. The number of para-hydroxylation sites is 1. The summed E-state index contributed by atoms with van der Waals surface area (Å²) in [6.07, 6.45) is 0.892. The molecule has 1 N–H and O–H groups in total. The van der Waals surface area contributed by atoms with Crippen LogP contribution in [-0.4, -0.2) is 4.98 Å². The maximum absolute atomic E-state index is 5.86. The highest BCUT2D eigenvalue weighted by molar-refractivity contribution is 7.14. The smallest absolute Gasteiger partial charge is 0.188 e. The Morgan fingerprint density at radius 1 is 1.00 bits per heavy atom. The minimum Gasteiger partial charge on any atom is -0.331 e. The lowest BCUT2D eigenvalue weighted by molar-refractivity contribution is 1.19. The zero-order valence-corrected chi connectivity index (χ0v) is 12.3. The monoisotopic (exact) mass is 300 g/mol. The molecule has 0 atom stereocenters. The van der Waals surface area contributed by atoms with Crippen molar-refractivity contribution >= 4 is 33.8 Å². The second-order valence-electron chi connectivity index (χ2n) is 4.42. The van der Waals surface area contributed by atoms with Crippen molar-refractivity contribution in [2.24, 2.45) is 0 Å². The topological polar surface area (TPSA) is 24.9 Å². The van der Waals surface area contributed by atoms with Gasteiger partial charge in [-0.3, -0.25) is 0 Å². The molecule has 4 heteroatoms. The zero-order valence-electron chi connectivity index (χ0n) is 10.7. The van der Waals surface area contributed by atoms with Crippen LogP contribution in [0.2, 0.25) is 5.15 Å². The van der Waals surface area contributed by atoms with Gasteiger partial charge in [-0.15, -0.1) is 11.3 Å². The van der Waals surface area contributed by atoms with Gasteiger partial charge in [0.15, 0.2) is 5.13 Å². The third-order valence-electron chi connectivity index (χ3n) is 2.97. The summed E-state index contributed by atoms with van der Waals surface area (Å²) >= 11 is 7.36. The van der Waals surface area contributed by atoms with Crippen molar-refractivity contribution in [2.75, 3.05) is 5.32 Å². The van der Waals surface area contributed by atoms with Gasteiger partial charge in [-0.05, 0) is 23.6 Å².